The van der Waals surface area contributed by atoms with E-state index in [4.69, 9.17) is 5.73 Å². The van der Waals surface area contributed by atoms with Crippen LogP contribution in [-0.2, 0) is 18.4 Å². The van der Waals surface area contributed by atoms with Crippen molar-refractivity contribution in [1.82, 2.24) is 19.4 Å². The number of carbonyl (C=O) groups excluding carboxylic acids is 2. The first-order valence-electron chi connectivity index (χ1n) is 11.9. The van der Waals surface area contributed by atoms with E-state index in [0.717, 1.165) is 35.8 Å². The Morgan fingerprint density at radius 2 is 1.91 bits per heavy atom. The number of nitrogens with one attached hydrogen (secondary N) is 1. The summed E-state index contributed by atoms with van der Waals surface area (Å²) in [5, 5.41) is 3.06. The third kappa shape index (κ3) is 5.83. The Kier molecular flexibility index (Phi) is 8.44. The number of nitrogens with two attached hydrogens (primary N) is 1. The zero-order valence-corrected chi connectivity index (χ0v) is 20.3. The molecule has 1 amide bonds. The molecule has 2 unspecified atom stereocenters. The van der Waals surface area contributed by atoms with Crippen molar-refractivity contribution >= 4 is 17.5 Å². The maximum Gasteiger partial charge on any atom is 0.332 e. The second kappa shape index (κ2) is 11.3. The Balaban J connectivity index is 1.78. The lowest BCUT2D eigenvalue weighted by molar-refractivity contribution is -0.127. The molecule has 0 bridgehead atoms. The minimum atomic E-state index is -0.698. The summed E-state index contributed by atoms with van der Waals surface area (Å²) in [6, 6.07) is 9.36. The summed E-state index contributed by atoms with van der Waals surface area (Å²) in [5.74, 6) is -0.764. The summed E-state index contributed by atoms with van der Waals surface area (Å²) < 4.78 is 2.18. The van der Waals surface area contributed by atoms with Crippen LogP contribution >= 0.6 is 0 Å². The fraction of sp³-hybridized carbons (Fsp3) is 0.520. The number of carbonyl (C=O) groups is 2. The number of piperidine rings is 1. The molecule has 0 saturated carbocycles. The van der Waals surface area contributed by atoms with Crippen LogP contribution in [0.15, 0.2) is 39.9 Å². The van der Waals surface area contributed by atoms with Crippen LogP contribution in [0.2, 0.25) is 0 Å². The molecule has 1 saturated heterocycles. The molecule has 3 N–H and O–H groups in total. The summed E-state index contributed by atoms with van der Waals surface area (Å²) in [4.78, 5) is 53.3. The molecule has 0 radical (unpaired) electrons. The first kappa shape index (κ1) is 25.4. The van der Waals surface area contributed by atoms with E-state index >= 15 is 0 Å². The van der Waals surface area contributed by atoms with E-state index in [-0.39, 0.29) is 42.3 Å². The molecule has 3 rings (SSSR count). The number of benzene rings is 1. The third-order valence-corrected chi connectivity index (χ3v) is 6.40. The van der Waals surface area contributed by atoms with Gasteiger partial charge in [0.05, 0.1) is 19.0 Å². The van der Waals surface area contributed by atoms with E-state index < -0.39 is 17.0 Å². The van der Waals surface area contributed by atoms with Crippen LogP contribution in [0.5, 0.6) is 0 Å². The number of hydrogen-bond donors (Lipinski definition) is 2. The van der Waals surface area contributed by atoms with Crippen molar-refractivity contribution in [2.45, 2.75) is 52.1 Å². The molecule has 0 aliphatic carbocycles. The predicted molar refractivity (Wildman–Crippen MR) is 132 cm³/mol. The van der Waals surface area contributed by atoms with Gasteiger partial charge in [0, 0.05) is 19.6 Å². The number of nitrogens with zero attached hydrogens (tertiary/aromatic N) is 3. The Morgan fingerprint density at radius 1 is 1.21 bits per heavy atom. The summed E-state index contributed by atoms with van der Waals surface area (Å²) in [6.07, 6.45) is 3.47. The Bertz CT molecular complexity index is 1140. The quantitative estimate of drug-likeness (QED) is 0.536. The zero-order valence-electron chi connectivity index (χ0n) is 20.3. The van der Waals surface area contributed by atoms with Gasteiger partial charge in [0.15, 0.2) is 5.78 Å². The number of Topliss-reactive ketones (excluding diaryl/α,β-unsaturated/α-hetero) is 1. The van der Waals surface area contributed by atoms with Gasteiger partial charge in [-0.15, -0.1) is 0 Å². The summed E-state index contributed by atoms with van der Waals surface area (Å²) >= 11 is 0. The SMILES string of the molecule is CCCC(C)NC(=O)C1CCCN(CC(=O)c2c(N)n(Cc3ccccc3)c(=O)n(C)c2=O)C1. The van der Waals surface area contributed by atoms with Gasteiger partial charge in [-0.3, -0.25) is 28.4 Å². The van der Waals surface area contributed by atoms with Gasteiger partial charge in [0.25, 0.3) is 5.56 Å². The van der Waals surface area contributed by atoms with Gasteiger partial charge >= 0.3 is 5.69 Å². The largest absolute Gasteiger partial charge is 0.384 e. The van der Waals surface area contributed by atoms with Crippen LogP contribution in [0.4, 0.5) is 5.82 Å². The van der Waals surface area contributed by atoms with E-state index in [1.54, 1.807) is 0 Å². The van der Waals surface area contributed by atoms with E-state index in [9.17, 15) is 19.2 Å². The minimum absolute atomic E-state index is 0.00457. The lowest BCUT2D eigenvalue weighted by atomic mass is 9.96. The topological polar surface area (TPSA) is 119 Å². The average molecular weight is 470 g/mol. The van der Waals surface area contributed by atoms with Crippen molar-refractivity contribution < 1.29 is 9.59 Å². The van der Waals surface area contributed by atoms with Crippen LogP contribution in [0.3, 0.4) is 0 Å². The number of hydrogen-bond acceptors (Lipinski definition) is 6. The van der Waals surface area contributed by atoms with Crippen molar-refractivity contribution in [2.75, 3.05) is 25.4 Å². The molecule has 2 aromatic rings. The summed E-state index contributed by atoms with van der Waals surface area (Å²) in [5.41, 5.74) is 5.59. The van der Waals surface area contributed by atoms with Crippen LogP contribution < -0.4 is 22.3 Å². The fourth-order valence-electron chi connectivity index (χ4n) is 4.53. The van der Waals surface area contributed by atoms with Gasteiger partial charge in [-0.2, -0.15) is 0 Å². The monoisotopic (exact) mass is 469 g/mol. The summed E-state index contributed by atoms with van der Waals surface area (Å²) in [7, 11) is 1.35. The van der Waals surface area contributed by atoms with Gasteiger partial charge in [-0.25, -0.2) is 4.79 Å². The minimum Gasteiger partial charge on any atom is -0.384 e. The van der Waals surface area contributed by atoms with E-state index in [2.05, 4.69) is 12.2 Å². The van der Waals surface area contributed by atoms with Crippen molar-refractivity contribution in [3.63, 3.8) is 0 Å². The molecule has 9 heteroatoms. The highest BCUT2D eigenvalue weighted by Crippen LogP contribution is 2.18. The van der Waals surface area contributed by atoms with Crippen LogP contribution in [0.1, 0.15) is 55.5 Å². The average Bonchev–Trinajstić information content (AvgIpc) is 2.81. The van der Waals surface area contributed by atoms with Crippen LogP contribution in [-0.4, -0.2) is 51.4 Å². The number of anilines is 1. The van der Waals surface area contributed by atoms with Crippen molar-refractivity contribution in [3.8, 4) is 0 Å². The Hall–Kier alpha value is -3.20. The maximum atomic E-state index is 13.2. The highest BCUT2D eigenvalue weighted by molar-refractivity contribution is 6.01. The van der Waals surface area contributed by atoms with Gasteiger partial charge in [0.2, 0.25) is 5.91 Å². The molecule has 184 valence electrons. The number of likely N-dealkylation sites (tertiary alicyclic amines) is 1. The molecular weight excluding hydrogens is 434 g/mol. The fourth-order valence-corrected chi connectivity index (χ4v) is 4.53. The highest BCUT2D eigenvalue weighted by Gasteiger charge is 2.29. The Labute approximate surface area is 199 Å². The molecule has 0 spiro atoms. The number of rotatable bonds is 9. The highest BCUT2D eigenvalue weighted by atomic mass is 16.2. The lowest BCUT2D eigenvalue weighted by Crippen LogP contribution is -2.48. The normalized spacial score (nSPS) is 17.3. The zero-order chi connectivity index (χ0) is 24.8. The first-order valence-corrected chi connectivity index (χ1v) is 11.9. The Morgan fingerprint density at radius 3 is 2.59 bits per heavy atom. The van der Waals surface area contributed by atoms with E-state index in [1.165, 1.54) is 11.6 Å². The molecule has 1 fully saturated rings. The maximum absolute atomic E-state index is 13.2. The third-order valence-electron chi connectivity index (χ3n) is 6.40. The predicted octanol–water partition coefficient (Wildman–Crippen LogP) is 1.38. The van der Waals surface area contributed by atoms with E-state index in [0.29, 0.717) is 13.1 Å². The van der Waals surface area contributed by atoms with Gasteiger partial charge < -0.3 is 11.1 Å². The van der Waals surface area contributed by atoms with Crippen molar-refractivity contribution in [1.29, 1.82) is 0 Å². The molecular formula is C25H35N5O4. The standard InChI is InChI=1S/C25H35N5O4/c1-4-9-17(2)27-23(32)19-12-8-13-29(15-19)16-20(31)21-22(26)30(25(34)28(3)24(21)33)14-18-10-6-5-7-11-18/h5-7,10-11,17,19H,4,8-9,12-16,26H2,1-3H3,(H,27,32). The number of amides is 1. The molecule has 1 aliphatic heterocycles. The van der Waals surface area contributed by atoms with Crippen molar-refractivity contribution in [3.05, 3.63) is 62.3 Å². The van der Waals surface area contributed by atoms with Crippen LogP contribution in [0.25, 0.3) is 0 Å². The lowest BCUT2D eigenvalue weighted by Gasteiger charge is -2.32. The van der Waals surface area contributed by atoms with Gasteiger partial charge in [0.1, 0.15) is 11.4 Å². The van der Waals surface area contributed by atoms with Gasteiger partial charge in [-0.1, -0.05) is 43.7 Å². The first-order chi connectivity index (χ1) is 16.2. The second-order valence-electron chi connectivity index (χ2n) is 9.17. The number of ketones is 1. The molecule has 34 heavy (non-hydrogen) atoms. The molecule has 9 nitrogen and oxygen atoms in total. The molecule has 1 aromatic heterocycles. The molecule has 2 heterocycles. The van der Waals surface area contributed by atoms with Crippen LogP contribution in [0, 0.1) is 5.92 Å². The summed E-state index contributed by atoms with van der Waals surface area (Å²) in [6.45, 7) is 5.30. The van der Waals surface area contributed by atoms with Crippen molar-refractivity contribution in [2.24, 2.45) is 13.0 Å². The molecule has 1 aromatic carbocycles. The smallest absolute Gasteiger partial charge is 0.332 e. The van der Waals surface area contributed by atoms with E-state index in [1.807, 2.05) is 42.2 Å². The molecule has 2 atom stereocenters. The second-order valence-corrected chi connectivity index (χ2v) is 9.17. The molecule has 1 aliphatic rings. The van der Waals surface area contributed by atoms with Gasteiger partial charge in [-0.05, 0) is 38.3 Å². The number of aromatic nitrogens is 2. The number of nitrogen functional groups attached to an aromatic ring is 1.